The lowest BCUT2D eigenvalue weighted by Crippen LogP contribution is -2.38. The number of guanidine groups is 1. The van der Waals surface area contributed by atoms with Gasteiger partial charge in [-0.05, 0) is 43.9 Å². The van der Waals surface area contributed by atoms with Crippen molar-refractivity contribution in [1.82, 2.24) is 10.6 Å². The molecule has 0 aromatic heterocycles. The third kappa shape index (κ3) is 9.12. The normalized spacial score (nSPS) is 16.7. The highest BCUT2D eigenvalue weighted by molar-refractivity contribution is 14.0. The van der Waals surface area contributed by atoms with Crippen LogP contribution in [0.4, 0.5) is 0 Å². The van der Waals surface area contributed by atoms with E-state index in [0.29, 0.717) is 12.5 Å². The summed E-state index contributed by atoms with van der Waals surface area (Å²) in [7, 11) is 1.69. The topological polar surface area (TPSA) is 64.1 Å². The van der Waals surface area contributed by atoms with Crippen molar-refractivity contribution in [3.05, 3.63) is 29.3 Å². The quantitative estimate of drug-likeness (QED) is 0.228. The van der Waals surface area contributed by atoms with Crippen LogP contribution in [-0.4, -0.2) is 52.6 Å². The molecule has 2 N–H and O–H groups in total. The van der Waals surface area contributed by atoms with Crippen LogP contribution in [0.2, 0.25) is 0 Å². The molecule has 0 radical (unpaired) electrons. The highest BCUT2D eigenvalue weighted by Gasteiger charge is 2.15. The lowest BCUT2D eigenvalue weighted by molar-refractivity contribution is 0.0888. The highest BCUT2D eigenvalue weighted by Crippen LogP contribution is 2.18. The van der Waals surface area contributed by atoms with Crippen LogP contribution in [0.5, 0.6) is 5.75 Å². The van der Waals surface area contributed by atoms with Gasteiger partial charge in [0.2, 0.25) is 0 Å². The van der Waals surface area contributed by atoms with E-state index in [2.05, 4.69) is 34.7 Å². The first kappa shape index (κ1) is 24.0. The molecular formula is C20H34IN3O3. The first-order valence-electron chi connectivity index (χ1n) is 9.54. The summed E-state index contributed by atoms with van der Waals surface area (Å²) < 4.78 is 16.4. The molecule has 1 aliphatic rings. The number of benzene rings is 1. The second-order valence-electron chi connectivity index (χ2n) is 6.58. The zero-order chi connectivity index (χ0) is 18.6. The Morgan fingerprint density at radius 1 is 1.33 bits per heavy atom. The van der Waals surface area contributed by atoms with Gasteiger partial charge >= 0.3 is 0 Å². The second kappa shape index (κ2) is 14.0. The SMILES string of the molecule is CCNC(=NCc1ccc(OC)c(C)c1)NCCCOCC1CCOC1.I. The van der Waals surface area contributed by atoms with Gasteiger partial charge in [-0.25, -0.2) is 4.99 Å². The monoisotopic (exact) mass is 491 g/mol. The molecule has 0 bridgehead atoms. The Morgan fingerprint density at radius 2 is 2.19 bits per heavy atom. The molecule has 0 spiro atoms. The molecule has 1 unspecified atom stereocenters. The van der Waals surface area contributed by atoms with Gasteiger partial charge in [0.25, 0.3) is 0 Å². The van der Waals surface area contributed by atoms with Crippen molar-refractivity contribution in [3.63, 3.8) is 0 Å². The number of hydrogen-bond donors (Lipinski definition) is 2. The van der Waals surface area contributed by atoms with Crippen molar-refractivity contribution < 1.29 is 14.2 Å². The number of nitrogens with zero attached hydrogens (tertiary/aromatic N) is 1. The standard InChI is InChI=1S/C20H33N3O3.HI/c1-4-21-20(22-9-5-10-25-14-18-8-11-26-15-18)23-13-17-6-7-19(24-3)16(2)12-17;/h6-7,12,18H,4-5,8-11,13-15H2,1-3H3,(H2,21,22,23);1H. The summed E-state index contributed by atoms with van der Waals surface area (Å²) in [5.41, 5.74) is 2.30. The predicted octanol–water partition coefficient (Wildman–Crippen LogP) is 3.12. The van der Waals surface area contributed by atoms with Gasteiger partial charge in [0, 0.05) is 32.2 Å². The predicted molar refractivity (Wildman–Crippen MR) is 120 cm³/mol. The Bertz CT molecular complexity index is 563. The number of hydrogen-bond acceptors (Lipinski definition) is 4. The maximum atomic E-state index is 5.73. The molecule has 1 aliphatic heterocycles. The zero-order valence-electron chi connectivity index (χ0n) is 16.8. The first-order chi connectivity index (χ1) is 12.7. The third-order valence-corrected chi connectivity index (χ3v) is 4.36. The molecule has 0 amide bonds. The summed E-state index contributed by atoms with van der Waals surface area (Å²) in [6.07, 6.45) is 2.08. The van der Waals surface area contributed by atoms with Crippen molar-refractivity contribution in [3.8, 4) is 5.75 Å². The summed E-state index contributed by atoms with van der Waals surface area (Å²) in [5, 5.41) is 6.65. The van der Waals surface area contributed by atoms with E-state index in [1.165, 1.54) is 5.56 Å². The Kier molecular flexibility index (Phi) is 12.4. The van der Waals surface area contributed by atoms with Crippen LogP contribution in [-0.2, 0) is 16.0 Å². The fraction of sp³-hybridized carbons (Fsp3) is 0.650. The van der Waals surface area contributed by atoms with Crippen molar-refractivity contribution in [1.29, 1.82) is 0 Å². The lowest BCUT2D eigenvalue weighted by Gasteiger charge is -2.12. The molecule has 0 aliphatic carbocycles. The molecule has 0 saturated carbocycles. The maximum absolute atomic E-state index is 5.73. The minimum absolute atomic E-state index is 0. The molecule has 7 heteroatoms. The van der Waals surface area contributed by atoms with Crippen molar-refractivity contribution in [2.24, 2.45) is 10.9 Å². The van der Waals surface area contributed by atoms with E-state index in [4.69, 9.17) is 14.2 Å². The Labute approximate surface area is 180 Å². The van der Waals surface area contributed by atoms with Gasteiger partial charge in [-0.1, -0.05) is 12.1 Å². The summed E-state index contributed by atoms with van der Waals surface area (Å²) >= 11 is 0. The number of methoxy groups -OCH3 is 1. The Morgan fingerprint density at radius 3 is 2.85 bits per heavy atom. The van der Waals surface area contributed by atoms with Crippen molar-refractivity contribution in [2.45, 2.75) is 33.2 Å². The average Bonchev–Trinajstić information content (AvgIpc) is 3.16. The molecular weight excluding hydrogens is 457 g/mol. The minimum Gasteiger partial charge on any atom is -0.496 e. The van der Waals surface area contributed by atoms with Gasteiger partial charge < -0.3 is 24.8 Å². The minimum atomic E-state index is 0. The van der Waals surface area contributed by atoms with Gasteiger partial charge in [-0.2, -0.15) is 0 Å². The molecule has 1 aromatic carbocycles. The van der Waals surface area contributed by atoms with Crippen molar-refractivity contribution >= 4 is 29.9 Å². The molecule has 154 valence electrons. The van der Waals surface area contributed by atoms with E-state index >= 15 is 0 Å². The fourth-order valence-electron chi connectivity index (χ4n) is 2.90. The fourth-order valence-corrected chi connectivity index (χ4v) is 2.90. The molecule has 1 atom stereocenters. The summed E-state index contributed by atoms with van der Waals surface area (Å²) in [6, 6.07) is 6.17. The molecule has 6 nitrogen and oxygen atoms in total. The van der Waals surface area contributed by atoms with Crippen LogP contribution in [0.1, 0.15) is 30.9 Å². The second-order valence-corrected chi connectivity index (χ2v) is 6.58. The lowest BCUT2D eigenvalue weighted by atomic mass is 10.1. The van der Waals surface area contributed by atoms with E-state index in [-0.39, 0.29) is 24.0 Å². The van der Waals surface area contributed by atoms with Gasteiger partial charge in [0.05, 0.1) is 26.9 Å². The van der Waals surface area contributed by atoms with Crippen LogP contribution < -0.4 is 15.4 Å². The summed E-state index contributed by atoms with van der Waals surface area (Å²) in [4.78, 5) is 4.66. The van der Waals surface area contributed by atoms with E-state index in [0.717, 1.165) is 69.6 Å². The average molecular weight is 491 g/mol. The molecule has 1 fully saturated rings. The number of nitrogens with one attached hydrogen (secondary N) is 2. The summed E-state index contributed by atoms with van der Waals surface area (Å²) in [5.74, 6) is 2.33. The molecule has 1 heterocycles. The van der Waals surface area contributed by atoms with E-state index < -0.39 is 0 Å². The number of aryl methyl sites for hydroxylation is 1. The zero-order valence-corrected chi connectivity index (χ0v) is 19.1. The van der Waals surface area contributed by atoms with Crippen molar-refractivity contribution in [2.75, 3.05) is 46.6 Å². The van der Waals surface area contributed by atoms with Gasteiger partial charge in [-0.15, -0.1) is 24.0 Å². The van der Waals surface area contributed by atoms with Crippen LogP contribution >= 0.6 is 24.0 Å². The van der Waals surface area contributed by atoms with Gasteiger partial charge in [0.15, 0.2) is 5.96 Å². The Hall–Kier alpha value is -1.06. The molecule has 1 saturated heterocycles. The maximum Gasteiger partial charge on any atom is 0.191 e. The molecule has 2 rings (SSSR count). The van der Waals surface area contributed by atoms with Gasteiger partial charge in [-0.3, -0.25) is 0 Å². The number of halogens is 1. The molecule has 1 aromatic rings. The molecule has 27 heavy (non-hydrogen) atoms. The van der Waals surface area contributed by atoms with Crippen LogP contribution in [0.3, 0.4) is 0 Å². The smallest absolute Gasteiger partial charge is 0.191 e. The third-order valence-electron chi connectivity index (χ3n) is 4.36. The summed E-state index contributed by atoms with van der Waals surface area (Å²) in [6.45, 7) is 9.74. The first-order valence-corrected chi connectivity index (χ1v) is 9.54. The number of rotatable bonds is 10. The van der Waals surface area contributed by atoms with Crippen LogP contribution in [0.25, 0.3) is 0 Å². The van der Waals surface area contributed by atoms with Crippen LogP contribution in [0, 0.1) is 12.8 Å². The van der Waals surface area contributed by atoms with E-state index in [1.807, 2.05) is 13.0 Å². The van der Waals surface area contributed by atoms with E-state index in [9.17, 15) is 0 Å². The Balaban J connectivity index is 0.00000364. The van der Waals surface area contributed by atoms with E-state index in [1.54, 1.807) is 7.11 Å². The highest BCUT2D eigenvalue weighted by atomic mass is 127. The van der Waals surface area contributed by atoms with Crippen LogP contribution in [0.15, 0.2) is 23.2 Å². The largest absolute Gasteiger partial charge is 0.496 e. The van der Waals surface area contributed by atoms with Gasteiger partial charge in [0.1, 0.15) is 5.75 Å². The number of ether oxygens (including phenoxy) is 3. The number of aliphatic imine (C=N–C) groups is 1.